The Morgan fingerprint density at radius 2 is 1.50 bits per heavy atom. The molecular formula is C30H32F3N3O4. The first-order valence-corrected chi connectivity index (χ1v) is 13.4. The van der Waals surface area contributed by atoms with Crippen LogP contribution in [0.2, 0.25) is 0 Å². The Labute approximate surface area is 231 Å². The van der Waals surface area contributed by atoms with Crippen LogP contribution in [0.5, 0.6) is 0 Å². The van der Waals surface area contributed by atoms with Crippen LogP contribution >= 0.6 is 0 Å². The smallest absolute Gasteiger partial charge is 0.304 e. The van der Waals surface area contributed by atoms with E-state index in [9.17, 15) is 32.3 Å². The Bertz CT molecular complexity index is 1270. The number of halogens is 3. The molecule has 4 rings (SSSR count). The van der Waals surface area contributed by atoms with Gasteiger partial charge in [-0.2, -0.15) is 13.2 Å². The number of carbonyl (C=O) groups excluding carboxylic acids is 4. The van der Waals surface area contributed by atoms with Crippen molar-refractivity contribution in [1.29, 1.82) is 0 Å². The normalized spacial score (nSPS) is 19.2. The van der Waals surface area contributed by atoms with Gasteiger partial charge in [-0.25, -0.2) is 10.0 Å². The summed E-state index contributed by atoms with van der Waals surface area (Å²) in [6, 6.07) is 13.3. The molecule has 2 aromatic carbocycles. The highest BCUT2D eigenvalue weighted by atomic mass is 19.4. The van der Waals surface area contributed by atoms with Gasteiger partial charge in [-0.05, 0) is 24.3 Å². The molecule has 7 nitrogen and oxygen atoms in total. The van der Waals surface area contributed by atoms with E-state index >= 15 is 0 Å². The first kappa shape index (κ1) is 29.0. The van der Waals surface area contributed by atoms with E-state index in [0.717, 1.165) is 31.2 Å². The number of benzene rings is 2. The van der Waals surface area contributed by atoms with Crippen molar-refractivity contribution in [3.05, 3.63) is 78.0 Å². The second kappa shape index (κ2) is 12.1. The van der Waals surface area contributed by atoms with Gasteiger partial charge in [0.05, 0.1) is 5.70 Å². The predicted octanol–water partition coefficient (Wildman–Crippen LogP) is 5.13. The Kier molecular flexibility index (Phi) is 8.76. The van der Waals surface area contributed by atoms with Crippen molar-refractivity contribution < 1.29 is 32.3 Å². The molecule has 0 radical (unpaired) electrons. The molecule has 3 amide bonds. The third-order valence-corrected chi connectivity index (χ3v) is 7.47. The molecule has 1 aliphatic heterocycles. The summed E-state index contributed by atoms with van der Waals surface area (Å²) in [5.74, 6) is -4.42. The van der Waals surface area contributed by atoms with Gasteiger partial charge in [0.2, 0.25) is 11.8 Å². The SMILES string of the molecule is CC(=O)N1C=C(c2ccccc2)N(N(C(C)=O)C(Cc2ccccc2)C(=O)C(F)(F)F)C(=O)C1C1CCCCC1. The minimum Gasteiger partial charge on any atom is -0.304 e. The minimum atomic E-state index is -5.27. The number of Topliss-reactive ketones (excluding diaryl/α,β-unsaturated/α-hetero) is 1. The van der Waals surface area contributed by atoms with Gasteiger partial charge in [0, 0.05) is 32.0 Å². The Hall–Kier alpha value is -3.95. The molecule has 0 N–H and O–H groups in total. The second-order valence-corrected chi connectivity index (χ2v) is 10.2. The monoisotopic (exact) mass is 555 g/mol. The summed E-state index contributed by atoms with van der Waals surface area (Å²) in [5, 5.41) is 1.55. The van der Waals surface area contributed by atoms with Crippen LogP contribution in [0.4, 0.5) is 13.2 Å². The summed E-state index contributed by atoms with van der Waals surface area (Å²) in [6.07, 6.45) is -0.345. The van der Waals surface area contributed by atoms with Crippen molar-refractivity contribution in [2.45, 2.75) is 70.6 Å². The van der Waals surface area contributed by atoms with Crippen molar-refractivity contribution in [2.75, 3.05) is 0 Å². The molecule has 2 unspecified atom stereocenters. The number of carbonyl (C=O) groups is 4. The first-order valence-electron chi connectivity index (χ1n) is 13.4. The van der Waals surface area contributed by atoms with E-state index in [0.29, 0.717) is 29.0 Å². The van der Waals surface area contributed by atoms with Crippen LogP contribution in [-0.2, 0) is 25.6 Å². The molecule has 1 fully saturated rings. The van der Waals surface area contributed by atoms with Crippen LogP contribution < -0.4 is 0 Å². The van der Waals surface area contributed by atoms with Gasteiger partial charge in [-0.3, -0.25) is 19.2 Å². The van der Waals surface area contributed by atoms with E-state index in [1.807, 2.05) is 0 Å². The van der Waals surface area contributed by atoms with Gasteiger partial charge in [0.25, 0.3) is 11.7 Å². The van der Waals surface area contributed by atoms with E-state index in [-0.39, 0.29) is 11.6 Å². The molecule has 10 heteroatoms. The van der Waals surface area contributed by atoms with E-state index < -0.39 is 48.2 Å². The third-order valence-electron chi connectivity index (χ3n) is 7.47. The van der Waals surface area contributed by atoms with Gasteiger partial charge in [-0.1, -0.05) is 79.9 Å². The van der Waals surface area contributed by atoms with Crippen molar-refractivity contribution in [1.82, 2.24) is 14.9 Å². The Morgan fingerprint density at radius 3 is 2.02 bits per heavy atom. The zero-order valence-corrected chi connectivity index (χ0v) is 22.4. The maximum atomic E-state index is 14.4. The van der Waals surface area contributed by atoms with E-state index in [1.54, 1.807) is 60.7 Å². The lowest BCUT2D eigenvalue weighted by Crippen LogP contribution is -2.64. The molecule has 0 spiro atoms. The van der Waals surface area contributed by atoms with Crippen LogP contribution in [0.25, 0.3) is 5.70 Å². The number of nitrogens with zero attached hydrogens (tertiary/aromatic N) is 3. The molecule has 2 aromatic rings. The van der Waals surface area contributed by atoms with Gasteiger partial charge in [-0.15, -0.1) is 0 Å². The van der Waals surface area contributed by atoms with Crippen LogP contribution in [0, 0.1) is 5.92 Å². The largest absolute Gasteiger partial charge is 0.452 e. The zero-order chi connectivity index (χ0) is 29.0. The Morgan fingerprint density at radius 1 is 0.925 bits per heavy atom. The Balaban J connectivity index is 1.92. The minimum absolute atomic E-state index is 0.0381. The fourth-order valence-corrected chi connectivity index (χ4v) is 5.64. The van der Waals surface area contributed by atoms with Crippen molar-refractivity contribution in [3.63, 3.8) is 0 Å². The lowest BCUT2D eigenvalue weighted by atomic mass is 9.82. The van der Waals surface area contributed by atoms with Gasteiger partial charge in [0.15, 0.2) is 0 Å². The first-order chi connectivity index (χ1) is 19.0. The number of alkyl halides is 3. The standard InChI is InChI=1S/C30H32F3N3O4/c1-20(37)34-19-26(23-14-8-4-9-15-23)36(29(40)27(34)24-16-10-5-11-17-24)35(21(2)38)25(28(39)30(31,32)33)18-22-12-6-3-7-13-22/h3-4,6-9,12-15,19,24-25,27H,5,10-11,16-18H2,1-2H3. The van der Waals surface area contributed by atoms with Crippen molar-refractivity contribution >= 4 is 29.2 Å². The summed E-state index contributed by atoms with van der Waals surface area (Å²) in [5.41, 5.74) is 0.824. The number of ketones is 1. The van der Waals surface area contributed by atoms with Gasteiger partial charge >= 0.3 is 6.18 Å². The molecule has 1 heterocycles. The maximum absolute atomic E-state index is 14.4. The topological polar surface area (TPSA) is 78.0 Å². The number of amides is 3. The fourth-order valence-electron chi connectivity index (χ4n) is 5.64. The van der Waals surface area contributed by atoms with Gasteiger partial charge < -0.3 is 4.90 Å². The third kappa shape index (κ3) is 6.11. The average Bonchev–Trinajstić information content (AvgIpc) is 2.93. The molecular weight excluding hydrogens is 523 g/mol. The molecule has 212 valence electrons. The summed E-state index contributed by atoms with van der Waals surface area (Å²) >= 11 is 0. The van der Waals surface area contributed by atoms with Crippen LogP contribution in [0.15, 0.2) is 66.9 Å². The molecule has 0 saturated heterocycles. The lowest BCUT2D eigenvalue weighted by Gasteiger charge is -2.48. The molecule has 1 saturated carbocycles. The lowest BCUT2D eigenvalue weighted by molar-refractivity contribution is -0.187. The average molecular weight is 556 g/mol. The molecule has 40 heavy (non-hydrogen) atoms. The van der Waals surface area contributed by atoms with E-state index in [1.165, 1.54) is 18.0 Å². The number of hydrogen-bond acceptors (Lipinski definition) is 4. The zero-order valence-electron chi connectivity index (χ0n) is 22.4. The van der Waals surface area contributed by atoms with Crippen molar-refractivity contribution in [3.8, 4) is 0 Å². The molecule has 2 aliphatic rings. The second-order valence-electron chi connectivity index (χ2n) is 10.2. The number of hydrogen-bond donors (Lipinski definition) is 0. The van der Waals surface area contributed by atoms with Crippen LogP contribution in [0.1, 0.15) is 57.1 Å². The highest BCUT2D eigenvalue weighted by molar-refractivity contribution is 6.00. The number of rotatable bonds is 7. The molecule has 2 atom stereocenters. The molecule has 0 bridgehead atoms. The summed E-state index contributed by atoms with van der Waals surface area (Å²) < 4.78 is 42.0. The highest BCUT2D eigenvalue weighted by Gasteiger charge is 2.52. The van der Waals surface area contributed by atoms with E-state index in [2.05, 4.69) is 0 Å². The number of hydrazine groups is 1. The van der Waals surface area contributed by atoms with Crippen LogP contribution in [0.3, 0.4) is 0 Å². The molecule has 1 aliphatic carbocycles. The summed E-state index contributed by atoms with van der Waals surface area (Å²) in [6.45, 7) is 2.36. The predicted molar refractivity (Wildman–Crippen MR) is 142 cm³/mol. The quantitative estimate of drug-likeness (QED) is 0.475. The highest BCUT2D eigenvalue weighted by Crippen LogP contribution is 2.38. The molecule has 0 aromatic heterocycles. The summed E-state index contributed by atoms with van der Waals surface area (Å²) in [4.78, 5) is 54.7. The maximum Gasteiger partial charge on any atom is 0.452 e. The van der Waals surface area contributed by atoms with Gasteiger partial charge in [0.1, 0.15) is 12.1 Å². The fraction of sp³-hybridized carbons (Fsp3) is 0.400. The van der Waals surface area contributed by atoms with E-state index in [4.69, 9.17) is 0 Å². The van der Waals surface area contributed by atoms with Crippen LogP contribution in [-0.4, -0.2) is 56.7 Å². The van der Waals surface area contributed by atoms with Crippen molar-refractivity contribution in [2.24, 2.45) is 5.92 Å². The summed E-state index contributed by atoms with van der Waals surface area (Å²) in [7, 11) is 0.